The Morgan fingerprint density at radius 3 is 2.68 bits per heavy atom. The van der Waals surface area contributed by atoms with Crippen molar-refractivity contribution in [3.05, 3.63) is 33.3 Å². The molecule has 1 aromatic carbocycles. The summed E-state index contributed by atoms with van der Waals surface area (Å²) in [5.41, 5.74) is 2.83. The highest BCUT2D eigenvalue weighted by Crippen LogP contribution is 2.25. The number of carbonyl (C=O) groups excluding carboxylic acids is 1. The van der Waals surface area contributed by atoms with Crippen molar-refractivity contribution in [3.63, 3.8) is 0 Å². The van der Waals surface area contributed by atoms with Crippen LogP contribution in [-0.2, 0) is 0 Å². The van der Waals surface area contributed by atoms with Gasteiger partial charge in [0.25, 0.3) is 5.91 Å². The summed E-state index contributed by atoms with van der Waals surface area (Å²) in [5.74, 6) is 0.289. The van der Waals surface area contributed by atoms with Crippen LogP contribution in [0.25, 0.3) is 0 Å². The Labute approximate surface area is 122 Å². The molecular formula is C15H20BrNO2. The van der Waals surface area contributed by atoms with Crippen LogP contribution in [0.2, 0.25) is 0 Å². The lowest BCUT2D eigenvalue weighted by atomic mass is 10.0. The summed E-state index contributed by atoms with van der Waals surface area (Å²) in [6.45, 7) is 7.14. The zero-order chi connectivity index (χ0) is 14.2. The largest absolute Gasteiger partial charge is 0.393 e. The van der Waals surface area contributed by atoms with Gasteiger partial charge in [0.2, 0.25) is 0 Å². The van der Waals surface area contributed by atoms with Crippen LogP contribution in [0.5, 0.6) is 0 Å². The van der Waals surface area contributed by atoms with E-state index in [-0.39, 0.29) is 17.9 Å². The van der Waals surface area contributed by atoms with E-state index < -0.39 is 0 Å². The van der Waals surface area contributed by atoms with E-state index in [0.717, 1.165) is 34.1 Å². The number of nitrogens with zero attached hydrogens (tertiary/aromatic N) is 1. The first kappa shape index (κ1) is 14.5. The third-order valence-electron chi connectivity index (χ3n) is 3.93. The molecule has 2 unspecified atom stereocenters. The predicted molar refractivity (Wildman–Crippen MR) is 79.3 cm³/mol. The van der Waals surface area contributed by atoms with E-state index in [0.29, 0.717) is 6.54 Å². The Balaban J connectivity index is 2.19. The average Bonchev–Trinajstić information content (AvgIpc) is 2.82. The van der Waals surface area contributed by atoms with Crippen molar-refractivity contribution in [1.82, 2.24) is 4.90 Å². The van der Waals surface area contributed by atoms with Gasteiger partial charge in [0.15, 0.2) is 0 Å². The first-order valence-corrected chi connectivity index (χ1v) is 7.43. The summed E-state index contributed by atoms with van der Waals surface area (Å²) in [6, 6.07) is 3.93. The number of aliphatic hydroxyl groups is 1. The molecule has 2 atom stereocenters. The van der Waals surface area contributed by atoms with Crippen molar-refractivity contribution >= 4 is 21.8 Å². The molecule has 1 saturated heterocycles. The molecule has 0 aromatic heterocycles. The van der Waals surface area contributed by atoms with Crippen LogP contribution < -0.4 is 0 Å². The lowest BCUT2D eigenvalue weighted by molar-refractivity contribution is 0.0761. The molecule has 19 heavy (non-hydrogen) atoms. The van der Waals surface area contributed by atoms with Crippen LogP contribution >= 0.6 is 15.9 Å². The van der Waals surface area contributed by atoms with Gasteiger partial charge >= 0.3 is 0 Å². The van der Waals surface area contributed by atoms with Gasteiger partial charge in [0, 0.05) is 29.0 Å². The molecule has 0 aliphatic carbocycles. The summed E-state index contributed by atoms with van der Waals surface area (Å²) in [7, 11) is 0. The zero-order valence-electron chi connectivity index (χ0n) is 11.6. The molecule has 0 bridgehead atoms. The molecule has 1 amide bonds. The summed E-state index contributed by atoms with van der Waals surface area (Å²) in [5, 5.41) is 9.61. The van der Waals surface area contributed by atoms with Crippen LogP contribution in [-0.4, -0.2) is 35.1 Å². The minimum Gasteiger partial charge on any atom is -0.393 e. The minimum absolute atomic E-state index is 0.0799. The zero-order valence-corrected chi connectivity index (χ0v) is 13.2. The maximum Gasteiger partial charge on any atom is 0.254 e. The first-order chi connectivity index (χ1) is 8.90. The highest BCUT2D eigenvalue weighted by atomic mass is 79.9. The normalized spacial score (nSPS) is 20.7. The molecule has 0 radical (unpaired) electrons. The van der Waals surface area contributed by atoms with Crippen molar-refractivity contribution in [1.29, 1.82) is 0 Å². The number of aliphatic hydroxyl groups excluding tert-OH is 1. The van der Waals surface area contributed by atoms with Crippen LogP contribution in [0, 0.1) is 19.8 Å². The van der Waals surface area contributed by atoms with Gasteiger partial charge in [-0.05, 0) is 50.5 Å². The highest BCUT2D eigenvalue weighted by Gasteiger charge is 2.30. The van der Waals surface area contributed by atoms with Gasteiger partial charge in [-0.25, -0.2) is 0 Å². The van der Waals surface area contributed by atoms with Gasteiger partial charge in [-0.2, -0.15) is 0 Å². The molecule has 1 aromatic rings. The third-order valence-corrected chi connectivity index (χ3v) is 4.78. The quantitative estimate of drug-likeness (QED) is 0.908. The van der Waals surface area contributed by atoms with Crippen molar-refractivity contribution in [3.8, 4) is 0 Å². The molecule has 0 saturated carbocycles. The molecule has 1 aliphatic rings. The van der Waals surface area contributed by atoms with E-state index >= 15 is 0 Å². The number of benzene rings is 1. The van der Waals surface area contributed by atoms with Crippen LogP contribution in [0.15, 0.2) is 16.6 Å². The number of halogens is 1. The maximum absolute atomic E-state index is 12.5. The number of aryl methyl sites for hydroxylation is 2. The fourth-order valence-electron chi connectivity index (χ4n) is 2.55. The van der Waals surface area contributed by atoms with Gasteiger partial charge in [0.05, 0.1) is 6.10 Å². The third kappa shape index (κ3) is 3.00. The van der Waals surface area contributed by atoms with Gasteiger partial charge < -0.3 is 10.0 Å². The smallest absolute Gasteiger partial charge is 0.254 e. The second-order valence-electron chi connectivity index (χ2n) is 5.46. The predicted octanol–water partition coefficient (Wildman–Crippen LogP) is 2.91. The molecule has 104 valence electrons. The van der Waals surface area contributed by atoms with Gasteiger partial charge in [-0.3, -0.25) is 4.79 Å². The fraction of sp³-hybridized carbons (Fsp3) is 0.533. The monoisotopic (exact) mass is 325 g/mol. The SMILES string of the molecule is Cc1cc(C(=O)N2CCC(C(C)O)C2)c(C)cc1Br. The number of hydrogen-bond acceptors (Lipinski definition) is 2. The molecule has 0 spiro atoms. The molecule has 2 rings (SSSR count). The van der Waals surface area contributed by atoms with E-state index in [1.54, 1.807) is 6.92 Å². The summed E-state index contributed by atoms with van der Waals surface area (Å²) >= 11 is 3.48. The Morgan fingerprint density at radius 1 is 1.42 bits per heavy atom. The van der Waals surface area contributed by atoms with Gasteiger partial charge in [-0.1, -0.05) is 15.9 Å². The standard InChI is InChI=1S/C15H20BrNO2/c1-9-7-14(16)10(2)6-13(9)15(19)17-5-4-12(8-17)11(3)18/h6-7,11-12,18H,4-5,8H2,1-3H3. The fourth-order valence-corrected chi connectivity index (χ4v) is 3.01. The molecular weight excluding hydrogens is 306 g/mol. The van der Waals surface area contributed by atoms with Crippen molar-refractivity contribution in [2.45, 2.75) is 33.3 Å². The lowest BCUT2D eigenvalue weighted by Gasteiger charge is -2.19. The number of amides is 1. The Kier molecular flexibility index (Phi) is 4.31. The number of likely N-dealkylation sites (tertiary alicyclic amines) is 1. The maximum atomic E-state index is 12.5. The first-order valence-electron chi connectivity index (χ1n) is 6.64. The minimum atomic E-state index is -0.342. The number of hydrogen-bond donors (Lipinski definition) is 1. The second-order valence-corrected chi connectivity index (χ2v) is 6.31. The van der Waals surface area contributed by atoms with Gasteiger partial charge in [0.1, 0.15) is 0 Å². The Bertz CT molecular complexity index is 499. The summed E-state index contributed by atoms with van der Waals surface area (Å²) in [6.07, 6.45) is 0.545. The summed E-state index contributed by atoms with van der Waals surface area (Å²) in [4.78, 5) is 14.4. The van der Waals surface area contributed by atoms with E-state index in [9.17, 15) is 9.90 Å². The molecule has 1 aliphatic heterocycles. The lowest BCUT2D eigenvalue weighted by Crippen LogP contribution is -2.31. The van der Waals surface area contributed by atoms with E-state index in [2.05, 4.69) is 15.9 Å². The topological polar surface area (TPSA) is 40.5 Å². The van der Waals surface area contributed by atoms with Crippen LogP contribution in [0.3, 0.4) is 0 Å². The van der Waals surface area contributed by atoms with E-state index in [1.807, 2.05) is 30.9 Å². The molecule has 1 heterocycles. The van der Waals surface area contributed by atoms with E-state index in [4.69, 9.17) is 0 Å². The van der Waals surface area contributed by atoms with Crippen LogP contribution in [0.4, 0.5) is 0 Å². The molecule has 1 N–H and O–H groups in total. The second kappa shape index (κ2) is 5.63. The van der Waals surface area contributed by atoms with Crippen molar-refractivity contribution in [2.75, 3.05) is 13.1 Å². The highest BCUT2D eigenvalue weighted by molar-refractivity contribution is 9.10. The Morgan fingerprint density at radius 2 is 2.11 bits per heavy atom. The molecule has 1 fully saturated rings. The molecule has 3 nitrogen and oxygen atoms in total. The van der Waals surface area contributed by atoms with Crippen molar-refractivity contribution < 1.29 is 9.90 Å². The number of rotatable bonds is 2. The molecule has 4 heteroatoms. The number of carbonyl (C=O) groups is 1. The average molecular weight is 326 g/mol. The van der Waals surface area contributed by atoms with Crippen molar-refractivity contribution in [2.24, 2.45) is 5.92 Å². The summed E-state index contributed by atoms with van der Waals surface area (Å²) < 4.78 is 1.03. The van der Waals surface area contributed by atoms with Crippen LogP contribution in [0.1, 0.15) is 34.8 Å². The Hall–Kier alpha value is -0.870. The van der Waals surface area contributed by atoms with E-state index in [1.165, 1.54) is 0 Å². The van der Waals surface area contributed by atoms with Gasteiger partial charge in [-0.15, -0.1) is 0 Å².